The first-order chi connectivity index (χ1) is 5.58. The second-order valence-electron chi connectivity index (χ2n) is 1.94. The highest BCUT2D eigenvalue weighted by atomic mass is 32.2. The fourth-order valence-corrected chi connectivity index (χ4v) is 1.33. The van der Waals surface area contributed by atoms with Crippen LogP contribution < -0.4 is 5.32 Å². The van der Waals surface area contributed by atoms with Crippen LogP contribution in [0.4, 0.5) is 0 Å². The standard InChI is InChI=1S/C4H6N3O3S2/c8-12(9,10)3-5-1-4-7-6-2-11-4/h5H,1,3H2,(H,8,9,10). The molecule has 0 spiro atoms. The Morgan fingerprint density at radius 2 is 2.42 bits per heavy atom. The topological polar surface area (TPSA) is 92.2 Å². The van der Waals surface area contributed by atoms with E-state index in [2.05, 4.69) is 21.0 Å². The van der Waals surface area contributed by atoms with E-state index >= 15 is 0 Å². The van der Waals surface area contributed by atoms with Crippen LogP contribution in [0.2, 0.25) is 0 Å². The summed E-state index contributed by atoms with van der Waals surface area (Å²) in [7, 11) is -3.94. The molecule has 0 fully saturated rings. The van der Waals surface area contributed by atoms with Crippen LogP contribution in [0, 0.1) is 5.51 Å². The molecule has 8 heteroatoms. The van der Waals surface area contributed by atoms with Gasteiger partial charge in [0.25, 0.3) is 10.1 Å². The Kier molecular flexibility index (Phi) is 3.09. The molecule has 0 bridgehead atoms. The molecule has 0 saturated heterocycles. The lowest BCUT2D eigenvalue weighted by atomic mass is 10.7. The number of rotatable bonds is 4. The van der Waals surface area contributed by atoms with Gasteiger partial charge in [0.15, 0.2) is 5.51 Å². The van der Waals surface area contributed by atoms with E-state index in [0.717, 1.165) is 0 Å². The molecule has 1 rings (SSSR count). The third-order valence-corrected chi connectivity index (χ3v) is 2.13. The van der Waals surface area contributed by atoms with Gasteiger partial charge in [-0.3, -0.25) is 9.87 Å². The van der Waals surface area contributed by atoms with Gasteiger partial charge in [-0.15, -0.1) is 10.2 Å². The normalized spacial score (nSPS) is 11.8. The van der Waals surface area contributed by atoms with Gasteiger partial charge in [-0.1, -0.05) is 11.3 Å². The van der Waals surface area contributed by atoms with Gasteiger partial charge in [-0.2, -0.15) is 8.42 Å². The van der Waals surface area contributed by atoms with Crippen molar-refractivity contribution in [2.45, 2.75) is 6.54 Å². The van der Waals surface area contributed by atoms with E-state index in [4.69, 9.17) is 4.55 Å². The fraction of sp³-hybridized carbons (Fsp3) is 0.500. The van der Waals surface area contributed by atoms with Gasteiger partial charge in [0.05, 0.1) is 6.54 Å². The second-order valence-corrected chi connectivity index (χ2v) is 4.25. The summed E-state index contributed by atoms with van der Waals surface area (Å²) in [5.74, 6) is -0.480. The van der Waals surface area contributed by atoms with Crippen molar-refractivity contribution in [2.75, 3.05) is 5.88 Å². The van der Waals surface area contributed by atoms with Crippen molar-refractivity contribution in [3.8, 4) is 0 Å². The molecule has 1 aromatic rings. The Balaban J connectivity index is 2.29. The van der Waals surface area contributed by atoms with E-state index in [0.29, 0.717) is 5.01 Å². The Bertz CT molecular complexity index is 319. The minimum absolute atomic E-state index is 0.265. The molecule has 67 valence electrons. The average molecular weight is 208 g/mol. The maximum atomic E-state index is 10.2. The summed E-state index contributed by atoms with van der Waals surface area (Å²) in [4.78, 5) is 0. The molecule has 0 aliphatic carbocycles. The lowest BCUT2D eigenvalue weighted by Crippen LogP contribution is -2.21. The van der Waals surface area contributed by atoms with Crippen molar-refractivity contribution < 1.29 is 13.0 Å². The monoisotopic (exact) mass is 208 g/mol. The van der Waals surface area contributed by atoms with Gasteiger partial charge >= 0.3 is 0 Å². The lowest BCUT2D eigenvalue weighted by Gasteiger charge is -1.96. The maximum Gasteiger partial charge on any atom is 0.278 e. The molecule has 6 nitrogen and oxygen atoms in total. The minimum Gasteiger partial charge on any atom is -0.295 e. The van der Waals surface area contributed by atoms with Crippen molar-refractivity contribution in [3.63, 3.8) is 0 Å². The first kappa shape index (κ1) is 9.52. The largest absolute Gasteiger partial charge is 0.295 e. The fourth-order valence-electron chi connectivity index (χ4n) is 0.528. The number of nitrogens with one attached hydrogen (secondary N) is 1. The van der Waals surface area contributed by atoms with Crippen LogP contribution in [0.5, 0.6) is 0 Å². The van der Waals surface area contributed by atoms with Crippen molar-refractivity contribution >= 4 is 21.5 Å². The van der Waals surface area contributed by atoms with Gasteiger partial charge in [-0.25, -0.2) is 0 Å². The van der Waals surface area contributed by atoms with Gasteiger partial charge in [0.1, 0.15) is 10.9 Å². The molecule has 0 atom stereocenters. The summed E-state index contributed by atoms with van der Waals surface area (Å²) >= 11 is 1.19. The number of nitrogens with zero attached hydrogens (tertiary/aromatic N) is 2. The Morgan fingerprint density at radius 1 is 1.67 bits per heavy atom. The first-order valence-corrected chi connectivity index (χ1v) is 5.35. The summed E-state index contributed by atoms with van der Waals surface area (Å²) in [6, 6.07) is 0. The first-order valence-electron chi connectivity index (χ1n) is 2.92. The highest BCUT2D eigenvalue weighted by Gasteiger charge is 2.03. The van der Waals surface area contributed by atoms with Crippen LogP contribution in [-0.4, -0.2) is 29.0 Å². The van der Waals surface area contributed by atoms with Gasteiger partial charge in [0, 0.05) is 0 Å². The molecule has 12 heavy (non-hydrogen) atoms. The van der Waals surface area contributed by atoms with E-state index < -0.39 is 16.0 Å². The molecule has 1 heterocycles. The predicted octanol–water partition coefficient (Wildman–Crippen LogP) is -0.727. The summed E-state index contributed by atoms with van der Waals surface area (Å²) in [6.45, 7) is 0.265. The highest BCUT2D eigenvalue weighted by Crippen LogP contribution is 1.98. The van der Waals surface area contributed by atoms with E-state index in [9.17, 15) is 8.42 Å². The van der Waals surface area contributed by atoms with Gasteiger partial charge in [0.2, 0.25) is 0 Å². The zero-order valence-electron chi connectivity index (χ0n) is 5.89. The van der Waals surface area contributed by atoms with Crippen LogP contribution in [0.15, 0.2) is 0 Å². The van der Waals surface area contributed by atoms with Gasteiger partial charge in [-0.05, 0) is 0 Å². The number of aromatic nitrogens is 2. The molecule has 0 saturated carbocycles. The van der Waals surface area contributed by atoms with Crippen LogP contribution in [0.25, 0.3) is 0 Å². The Morgan fingerprint density at radius 3 is 2.92 bits per heavy atom. The van der Waals surface area contributed by atoms with E-state index in [-0.39, 0.29) is 6.54 Å². The molecule has 1 radical (unpaired) electrons. The highest BCUT2D eigenvalue weighted by molar-refractivity contribution is 7.85. The lowest BCUT2D eigenvalue weighted by molar-refractivity contribution is 0.476. The zero-order chi connectivity index (χ0) is 9.03. The smallest absolute Gasteiger partial charge is 0.278 e. The molecule has 0 aliphatic heterocycles. The summed E-state index contributed by atoms with van der Waals surface area (Å²) in [5.41, 5.74) is 2.51. The quantitative estimate of drug-likeness (QED) is 0.634. The SMILES string of the molecule is O=S(=O)(O)CNCc1nn[c]s1. The third-order valence-electron chi connectivity index (χ3n) is 0.927. The van der Waals surface area contributed by atoms with E-state index in [1.54, 1.807) is 0 Å². The number of hydrogen-bond acceptors (Lipinski definition) is 6. The Labute approximate surface area is 73.4 Å². The maximum absolute atomic E-state index is 10.2. The molecule has 0 aliphatic rings. The van der Waals surface area contributed by atoms with Crippen LogP contribution in [-0.2, 0) is 16.7 Å². The summed E-state index contributed by atoms with van der Waals surface area (Å²) in [5, 5.41) is 10.1. The molecular weight excluding hydrogens is 202 g/mol. The molecule has 0 amide bonds. The van der Waals surface area contributed by atoms with Crippen molar-refractivity contribution in [1.82, 2.24) is 15.5 Å². The van der Waals surface area contributed by atoms with Crippen molar-refractivity contribution in [3.05, 3.63) is 10.5 Å². The molecular formula is C4H6N3O3S2. The van der Waals surface area contributed by atoms with E-state index in [1.165, 1.54) is 11.3 Å². The van der Waals surface area contributed by atoms with Crippen molar-refractivity contribution in [2.24, 2.45) is 0 Å². The van der Waals surface area contributed by atoms with Crippen LogP contribution in [0.3, 0.4) is 0 Å². The Hall–Kier alpha value is -0.570. The zero-order valence-corrected chi connectivity index (χ0v) is 7.52. The molecule has 0 unspecified atom stereocenters. The van der Waals surface area contributed by atoms with E-state index in [1.807, 2.05) is 0 Å². The molecule has 1 aromatic heterocycles. The second kappa shape index (κ2) is 3.90. The third kappa shape index (κ3) is 3.72. The van der Waals surface area contributed by atoms with Crippen LogP contribution in [0.1, 0.15) is 5.01 Å². The van der Waals surface area contributed by atoms with Crippen LogP contribution >= 0.6 is 11.3 Å². The molecule has 2 N–H and O–H groups in total. The minimum atomic E-state index is -3.94. The van der Waals surface area contributed by atoms with Crippen molar-refractivity contribution in [1.29, 1.82) is 0 Å². The van der Waals surface area contributed by atoms with Gasteiger partial charge < -0.3 is 0 Å². The average Bonchev–Trinajstić information content (AvgIpc) is 2.36. The number of hydrogen-bond donors (Lipinski definition) is 2. The summed E-state index contributed by atoms with van der Waals surface area (Å²) in [6.07, 6.45) is 0. The predicted molar refractivity (Wildman–Crippen MR) is 42.0 cm³/mol. The molecule has 0 aromatic carbocycles. The summed E-state index contributed by atoms with van der Waals surface area (Å²) < 4.78 is 28.7.